The highest BCUT2D eigenvalue weighted by Crippen LogP contribution is 2.22. The van der Waals surface area contributed by atoms with Crippen LogP contribution in [0.15, 0.2) is 53.2 Å². The summed E-state index contributed by atoms with van der Waals surface area (Å²) in [6, 6.07) is 11.7. The van der Waals surface area contributed by atoms with Crippen molar-refractivity contribution in [2.24, 2.45) is 0 Å². The van der Waals surface area contributed by atoms with E-state index < -0.39 is 0 Å². The van der Waals surface area contributed by atoms with Gasteiger partial charge in [-0.1, -0.05) is 0 Å². The van der Waals surface area contributed by atoms with Crippen LogP contribution in [0.3, 0.4) is 0 Å². The predicted molar refractivity (Wildman–Crippen MR) is 102 cm³/mol. The van der Waals surface area contributed by atoms with Crippen molar-refractivity contribution in [3.8, 4) is 11.5 Å². The zero-order chi connectivity index (χ0) is 18.5. The standard InChI is InChI=1S/C20H21N5O2/c26-18(22-16-5-7-17(8-6-16)25-12-1-2-13-25)9-10-19-23-24-20(27-19)15-4-3-11-21-14-15/h3-8,11,14H,1-2,9-10,12-13H2,(H,22,26). The highest BCUT2D eigenvalue weighted by atomic mass is 16.4. The van der Waals surface area contributed by atoms with Crippen LogP contribution in [0.4, 0.5) is 11.4 Å². The predicted octanol–water partition coefficient (Wildman–Crippen LogP) is 3.30. The molecule has 1 fully saturated rings. The van der Waals surface area contributed by atoms with Crippen molar-refractivity contribution in [3.63, 3.8) is 0 Å². The number of nitrogens with zero attached hydrogens (tertiary/aromatic N) is 4. The van der Waals surface area contributed by atoms with Gasteiger partial charge in [0.05, 0.1) is 5.56 Å². The zero-order valence-electron chi connectivity index (χ0n) is 15.0. The molecule has 3 aromatic rings. The second-order valence-corrected chi connectivity index (χ2v) is 6.53. The fourth-order valence-corrected chi connectivity index (χ4v) is 3.14. The third-order valence-corrected chi connectivity index (χ3v) is 4.56. The number of benzene rings is 1. The van der Waals surface area contributed by atoms with E-state index in [1.54, 1.807) is 12.4 Å². The number of carbonyl (C=O) groups is 1. The van der Waals surface area contributed by atoms with Crippen molar-refractivity contribution < 1.29 is 9.21 Å². The van der Waals surface area contributed by atoms with Crippen LogP contribution in [0, 0.1) is 0 Å². The summed E-state index contributed by atoms with van der Waals surface area (Å²) in [5.41, 5.74) is 2.77. The third-order valence-electron chi connectivity index (χ3n) is 4.56. The van der Waals surface area contributed by atoms with Crippen molar-refractivity contribution in [3.05, 3.63) is 54.7 Å². The van der Waals surface area contributed by atoms with Gasteiger partial charge in [-0.3, -0.25) is 9.78 Å². The normalized spacial score (nSPS) is 13.7. The molecule has 7 heteroatoms. The van der Waals surface area contributed by atoms with E-state index in [0.717, 1.165) is 24.3 Å². The molecule has 3 heterocycles. The Kier molecular flexibility index (Phi) is 5.09. The van der Waals surface area contributed by atoms with E-state index in [2.05, 4.69) is 37.5 Å². The molecule has 1 aliphatic heterocycles. The van der Waals surface area contributed by atoms with Gasteiger partial charge in [-0.2, -0.15) is 0 Å². The highest BCUT2D eigenvalue weighted by molar-refractivity contribution is 5.90. The van der Waals surface area contributed by atoms with Crippen LogP contribution >= 0.6 is 0 Å². The Morgan fingerprint density at radius 1 is 1.11 bits per heavy atom. The molecule has 0 spiro atoms. The Morgan fingerprint density at radius 2 is 1.93 bits per heavy atom. The van der Waals surface area contributed by atoms with Gasteiger partial charge in [0.2, 0.25) is 17.7 Å². The van der Waals surface area contributed by atoms with Gasteiger partial charge in [0.15, 0.2) is 0 Å². The highest BCUT2D eigenvalue weighted by Gasteiger charge is 2.13. The summed E-state index contributed by atoms with van der Waals surface area (Å²) >= 11 is 0. The van der Waals surface area contributed by atoms with Gasteiger partial charge in [0.25, 0.3) is 0 Å². The van der Waals surface area contributed by atoms with Crippen molar-refractivity contribution >= 4 is 17.3 Å². The van der Waals surface area contributed by atoms with Gasteiger partial charge in [-0.25, -0.2) is 0 Å². The summed E-state index contributed by atoms with van der Waals surface area (Å²) < 4.78 is 5.60. The number of rotatable bonds is 6. The van der Waals surface area contributed by atoms with E-state index in [9.17, 15) is 4.79 Å². The fourth-order valence-electron chi connectivity index (χ4n) is 3.14. The summed E-state index contributed by atoms with van der Waals surface area (Å²) in [6.45, 7) is 2.22. The first-order valence-corrected chi connectivity index (χ1v) is 9.15. The van der Waals surface area contributed by atoms with Gasteiger partial charge < -0.3 is 14.6 Å². The topological polar surface area (TPSA) is 84.1 Å². The minimum absolute atomic E-state index is 0.0787. The number of aromatic nitrogens is 3. The molecule has 4 rings (SSSR count). The second-order valence-electron chi connectivity index (χ2n) is 6.53. The summed E-state index contributed by atoms with van der Waals surface area (Å²) in [5.74, 6) is 0.773. The molecule has 1 saturated heterocycles. The number of aryl methyl sites for hydroxylation is 1. The van der Waals surface area contributed by atoms with Crippen molar-refractivity contribution in [2.45, 2.75) is 25.7 Å². The lowest BCUT2D eigenvalue weighted by Gasteiger charge is -2.17. The molecule has 0 aliphatic carbocycles. The van der Waals surface area contributed by atoms with Crippen LogP contribution in [-0.2, 0) is 11.2 Å². The van der Waals surface area contributed by atoms with Gasteiger partial charge in [0.1, 0.15) is 0 Å². The van der Waals surface area contributed by atoms with Crippen LogP contribution in [0.2, 0.25) is 0 Å². The maximum atomic E-state index is 12.2. The Morgan fingerprint density at radius 3 is 2.67 bits per heavy atom. The summed E-state index contributed by atoms with van der Waals surface area (Å²) in [7, 11) is 0. The lowest BCUT2D eigenvalue weighted by molar-refractivity contribution is -0.116. The van der Waals surface area contributed by atoms with Crippen molar-refractivity contribution in [2.75, 3.05) is 23.3 Å². The van der Waals surface area contributed by atoms with Gasteiger partial charge in [-0.05, 0) is 49.2 Å². The lowest BCUT2D eigenvalue weighted by atomic mass is 10.2. The molecular formula is C20H21N5O2. The maximum absolute atomic E-state index is 12.2. The van der Waals surface area contributed by atoms with Crippen molar-refractivity contribution in [1.82, 2.24) is 15.2 Å². The molecule has 0 atom stereocenters. The monoisotopic (exact) mass is 363 g/mol. The molecule has 2 aromatic heterocycles. The zero-order valence-corrected chi connectivity index (χ0v) is 15.0. The first-order valence-electron chi connectivity index (χ1n) is 9.15. The van der Waals surface area contributed by atoms with Crippen molar-refractivity contribution in [1.29, 1.82) is 0 Å². The molecule has 0 bridgehead atoms. The Hall–Kier alpha value is -3.22. The summed E-state index contributed by atoms with van der Waals surface area (Å²) in [5, 5.41) is 10.9. The number of nitrogens with one attached hydrogen (secondary N) is 1. The summed E-state index contributed by atoms with van der Waals surface area (Å²) in [6.07, 6.45) is 6.51. The largest absolute Gasteiger partial charge is 0.421 e. The molecule has 1 aliphatic rings. The Bertz CT molecular complexity index is 886. The Labute approximate surface area is 157 Å². The number of hydrogen-bond acceptors (Lipinski definition) is 6. The molecule has 7 nitrogen and oxygen atoms in total. The molecule has 1 aromatic carbocycles. The van der Waals surface area contributed by atoms with Crippen LogP contribution in [0.5, 0.6) is 0 Å². The first kappa shape index (κ1) is 17.2. The molecule has 1 amide bonds. The van der Waals surface area contributed by atoms with Gasteiger partial charge >= 0.3 is 0 Å². The number of carbonyl (C=O) groups excluding carboxylic acids is 1. The van der Waals surface area contributed by atoms with Crippen LogP contribution in [-0.4, -0.2) is 34.2 Å². The molecule has 138 valence electrons. The second kappa shape index (κ2) is 7.99. The van der Waals surface area contributed by atoms with Crippen LogP contribution in [0.1, 0.15) is 25.2 Å². The Balaban J connectivity index is 1.29. The quantitative estimate of drug-likeness (QED) is 0.723. The van der Waals surface area contributed by atoms with E-state index >= 15 is 0 Å². The van der Waals surface area contributed by atoms with Gasteiger partial charge in [-0.15, -0.1) is 10.2 Å². The average Bonchev–Trinajstić information content (AvgIpc) is 3.40. The number of hydrogen-bond donors (Lipinski definition) is 1. The first-order chi connectivity index (χ1) is 13.3. The van der Waals surface area contributed by atoms with Crippen LogP contribution in [0.25, 0.3) is 11.5 Å². The minimum atomic E-state index is -0.0787. The molecule has 1 N–H and O–H groups in total. The molecule has 0 saturated carbocycles. The fraction of sp³-hybridized carbons (Fsp3) is 0.300. The van der Waals surface area contributed by atoms with E-state index in [0.29, 0.717) is 18.2 Å². The van der Waals surface area contributed by atoms with Gasteiger partial charge in [0, 0.05) is 49.7 Å². The average molecular weight is 363 g/mol. The van der Waals surface area contributed by atoms with Crippen LogP contribution < -0.4 is 10.2 Å². The SMILES string of the molecule is O=C(CCc1nnc(-c2cccnc2)o1)Nc1ccc(N2CCCC2)cc1. The molecule has 0 unspecified atom stereocenters. The lowest BCUT2D eigenvalue weighted by Crippen LogP contribution is -2.17. The smallest absolute Gasteiger partial charge is 0.249 e. The maximum Gasteiger partial charge on any atom is 0.249 e. The number of pyridine rings is 1. The minimum Gasteiger partial charge on any atom is -0.421 e. The number of amides is 1. The van der Waals surface area contributed by atoms with E-state index in [1.807, 2.05) is 24.3 Å². The third kappa shape index (κ3) is 4.31. The molecular weight excluding hydrogens is 342 g/mol. The van der Waals surface area contributed by atoms with E-state index in [4.69, 9.17) is 4.42 Å². The van der Waals surface area contributed by atoms with E-state index in [-0.39, 0.29) is 12.3 Å². The molecule has 27 heavy (non-hydrogen) atoms. The molecule has 0 radical (unpaired) electrons. The number of anilines is 2. The van der Waals surface area contributed by atoms with E-state index in [1.165, 1.54) is 18.5 Å². The summed E-state index contributed by atoms with van der Waals surface area (Å²) in [4.78, 5) is 18.6.